The first-order chi connectivity index (χ1) is 6.24. The first-order valence-corrected chi connectivity index (χ1v) is 4.14. The van der Waals surface area contributed by atoms with Crippen molar-refractivity contribution in [2.75, 3.05) is 0 Å². The lowest BCUT2D eigenvalue weighted by atomic mass is 10.2. The molecule has 3 heteroatoms. The summed E-state index contributed by atoms with van der Waals surface area (Å²) in [7, 11) is 0. The molecule has 0 fully saturated rings. The average Bonchev–Trinajstić information content (AvgIpc) is 2.12. The van der Waals surface area contributed by atoms with Crippen molar-refractivity contribution in [1.29, 1.82) is 5.26 Å². The van der Waals surface area contributed by atoms with Gasteiger partial charge in [-0.05, 0) is 17.7 Å². The molecule has 0 aromatic heterocycles. The summed E-state index contributed by atoms with van der Waals surface area (Å²) in [5.41, 5.74) is 0.873. The Hall–Kier alpha value is -1.46. The van der Waals surface area contributed by atoms with Crippen LogP contribution >= 0.6 is 11.6 Å². The second-order valence-corrected chi connectivity index (χ2v) is 2.88. The van der Waals surface area contributed by atoms with E-state index in [1.807, 2.05) is 6.07 Å². The normalized spacial score (nSPS) is 10.2. The highest BCUT2D eigenvalue weighted by Gasteiger charge is 1.96. The molecule has 66 valence electrons. The molecule has 1 N–H and O–H groups in total. The zero-order valence-corrected chi connectivity index (χ0v) is 7.62. The fraction of sp³-hybridized carbons (Fsp3) is 0.100. The van der Waals surface area contributed by atoms with Crippen molar-refractivity contribution in [2.24, 2.45) is 0 Å². The predicted octanol–water partition coefficient (Wildman–Crippen LogP) is 2.97. The van der Waals surface area contributed by atoms with Crippen LogP contribution in [0.1, 0.15) is 12.0 Å². The molecule has 0 aliphatic rings. The summed E-state index contributed by atoms with van der Waals surface area (Å²) in [6, 6.07) is 6.89. The van der Waals surface area contributed by atoms with E-state index in [0.29, 0.717) is 11.4 Å². The maximum absolute atomic E-state index is 9.11. The maximum Gasteiger partial charge on any atom is 0.134 e. The molecule has 0 aliphatic carbocycles. The van der Waals surface area contributed by atoms with Crippen molar-refractivity contribution < 1.29 is 5.11 Å². The Labute approximate surface area is 81.7 Å². The Morgan fingerprint density at radius 2 is 2.31 bits per heavy atom. The predicted molar refractivity (Wildman–Crippen MR) is 52.4 cm³/mol. The molecule has 0 saturated heterocycles. The van der Waals surface area contributed by atoms with Gasteiger partial charge in [0.25, 0.3) is 0 Å². The minimum Gasteiger partial charge on any atom is -0.506 e. The molecule has 0 amide bonds. The van der Waals surface area contributed by atoms with Crippen LogP contribution in [0.15, 0.2) is 24.3 Å². The largest absolute Gasteiger partial charge is 0.506 e. The lowest BCUT2D eigenvalue weighted by molar-refractivity contribution is 0.475. The van der Waals surface area contributed by atoms with Gasteiger partial charge in [0.05, 0.1) is 17.5 Å². The third-order valence-electron chi connectivity index (χ3n) is 1.49. The molecule has 0 saturated carbocycles. The van der Waals surface area contributed by atoms with Gasteiger partial charge in [0, 0.05) is 0 Å². The minimum absolute atomic E-state index is 0.0686. The number of nitriles is 1. The summed E-state index contributed by atoms with van der Waals surface area (Å²) in [4.78, 5) is 0. The molecular weight excluding hydrogens is 186 g/mol. The molecule has 1 aromatic carbocycles. The van der Waals surface area contributed by atoms with Gasteiger partial charge in [0.15, 0.2) is 0 Å². The van der Waals surface area contributed by atoms with Crippen LogP contribution in [0.3, 0.4) is 0 Å². The number of rotatable bonds is 2. The van der Waals surface area contributed by atoms with Crippen LogP contribution in [0.2, 0.25) is 5.02 Å². The van der Waals surface area contributed by atoms with Crippen LogP contribution in [-0.4, -0.2) is 5.11 Å². The van der Waals surface area contributed by atoms with Gasteiger partial charge in [-0.15, -0.1) is 0 Å². The first kappa shape index (κ1) is 9.63. The van der Waals surface area contributed by atoms with E-state index in [1.165, 1.54) is 6.07 Å². The summed E-state index contributed by atoms with van der Waals surface area (Å²) in [5, 5.41) is 17.7. The fourth-order valence-electron chi connectivity index (χ4n) is 0.875. The van der Waals surface area contributed by atoms with Crippen LogP contribution < -0.4 is 0 Å². The van der Waals surface area contributed by atoms with E-state index >= 15 is 0 Å². The quantitative estimate of drug-likeness (QED) is 0.785. The Morgan fingerprint density at radius 3 is 2.92 bits per heavy atom. The number of phenolic OH excluding ortho intramolecular Hbond substituents is 1. The van der Waals surface area contributed by atoms with Crippen LogP contribution in [0.5, 0.6) is 5.75 Å². The zero-order valence-electron chi connectivity index (χ0n) is 6.87. The highest BCUT2D eigenvalue weighted by atomic mass is 35.5. The zero-order chi connectivity index (χ0) is 9.68. The van der Waals surface area contributed by atoms with Crippen molar-refractivity contribution in [3.63, 3.8) is 0 Å². The van der Waals surface area contributed by atoms with Crippen molar-refractivity contribution in [2.45, 2.75) is 6.42 Å². The number of phenols is 1. The Kier molecular flexibility index (Phi) is 3.36. The lowest BCUT2D eigenvalue weighted by Crippen LogP contribution is -1.73. The Morgan fingerprint density at radius 1 is 1.54 bits per heavy atom. The molecule has 0 aliphatic heterocycles. The molecule has 0 heterocycles. The van der Waals surface area contributed by atoms with Gasteiger partial charge in [0.2, 0.25) is 0 Å². The summed E-state index contributed by atoms with van der Waals surface area (Å²) in [6.07, 6.45) is 3.90. The van der Waals surface area contributed by atoms with Gasteiger partial charge in [-0.1, -0.05) is 29.8 Å². The maximum atomic E-state index is 9.11. The highest BCUT2D eigenvalue weighted by molar-refractivity contribution is 6.32. The molecule has 0 atom stereocenters. The summed E-state index contributed by atoms with van der Waals surface area (Å²) in [5.74, 6) is 0.0686. The van der Waals surface area contributed by atoms with Gasteiger partial charge < -0.3 is 5.11 Å². The van der Waals surface area contributed by atoms with Crippen LogP contribution in [0, 0.1) is 11.3 Å². The number of hydrogen-bond acceptors (Lipinski definition) is 2. The number of allylic oxidation sites excluding steroid dienone is 1. The number of aromatic hydroxyl groups is 1. The van der Waals surface area contributed by atoms with E-state index in [-0.39, 0.29) is 5.75 Å². The van der Waals surface area contributed by atoms with E-state index in [2.05, 4.69) is 0 Å². The number of hydrogen-bond donors (Lipinski definition) is 1. The first-order valence-electron chi connectivity index (χ1n) is 3.76. The lowest BCUT2D eigenvalue weighted by Gasteiger charge is -1.96. The standard InChI is InChI=1S/C10H8ClNO/c11-9-7-8(3-1-2-6-12)4-5-10(9)13/h1,3-5,7,13H,2H2. The van der Waals surface area contributed by atoms with Crippen molar-refractivity contribution in [3.05, 3.63) is 34.9 Å². The SMILES string of the molecule is N#CCC=Cc1ccc(O)c(Cl)c1. The van der Waals surface area contributed by atoms with Crippen LogP contribution in [0.25, 0.3) is 6.08 Å². The second-order valence-electron chi connectivity index (χ2n) is 2.48. The van der Waals surface area contributed by atoms with Crippen LogP contribution in [-0.2, 0) is 0 Å². The molecular formula is C10H8ClNO. The molecule has 0 bridgehead atoms. The van der Waals surface area contributed by atoms with Gasteiger partial charge in [-0.2, -0.15) is 5.26 Å². The van der Waals surface area contributed by atoms with E-state index in [1.54, 1.807) is 24.3 Å². The number of benzene rings is 1. The molecule has 13 heavy (non-hydrogen) atoms. The van der Waals surface area contributed by atoms with E-state index in [0.717, 1.165) is 5.56 Å². The van der Waals surface area contributed by atoms with Crippen molar-refractivity contribution in [1.82, 2.24) is 0 Å². The third-order valence-corrected chi connectivity index (χ3v) is 1.79. The molecule has 1 aromatic rings. The molecule has 0 spiro atoms. The average molecular weight is 194 g/mol. The van der Waals surface area contributed by atoms with Crippen LogP contribution in [0.4, 0.5) is 0 Å². The Bertz CT molecular complexity index is 366. The monoisotopic (exact) mass is 193 g/mol. The van der Waals surface area contributed by atoms with Gasteiger partial charge in [-0.3, -0.25) is 0 Å². The highest BCUT2D eigenvalue weighted by Crippen LogP contribution is 2.24. The van der Waals surface area contributed by atoms with Gasteiger partial charge in [0.1, 0.15) is 5.75 Å². The molecule has 2 nitrogen and oxygen atoms in total. The third kappa shape index (κ3) is 2.81. The van der Waals surface area contributed by atoms with E-state index in [4.69, 9.17) is 22.0 Å². The van der Waals surface area contributed by atoms with E-state index < -0.39 is 0 Å². The molecule has 0 radical (unpaired) electrons. The fourth-order valence-corrected chi connectivity index (χ4v) is 1.06. The topological polar surface area (TPSA) is 44.0 Å². The van der Waals surface area contributed by atoms with Gasteiger partial charge in [-0.25, -0.2) is 0 Å². The smallest absolute Gasteiger partial charge is 0.134 e. The molecule has 0 unspecified atom stereocenters. The van der Waals surface area contributed by atoms with Crippen molar-refractivity contribution >= 4 is 17.7 Å². The second kappa shape index (κ2) is 4.54. The van der Waals surface area contributed by atoms with Gasteiger partial charge >= 0.3 is 0 Å². The molecule has 1 rings (SSSR count). The number of halogens is 1. The Balaban J connectivity index is 2.81. The minimum atomic E-state index is 0.0686. The number of nitrogens with zero attached hydrogens (tertiary/aromatic N) is 1. The summed E-state index contributed by atoms with van der Waals surface area (Å²) < 4.78 is 0. The van der Waals surface area contributed by atoms with E-state index in [9.17, 15) is 0 Å². The summed E-state index contributed by atoms with van der Waals surface area (Å²) >= 11 is 5.68. The van der Waals surface area contributed by atoms with Crippen molar-refractivity contribution in [3.8, 4) is 11.8 Å². The summed E-state index contributed by atoms with van der Waals surface area (Å²) in [6.45, 7) is 0.